The third-order valence-corrected chi connectivity index (χ3v) is 4.26. The van der Waals surface area contributed by atoms with Crippen molar-refractivity contribution in [1.82, 2.24) is 20.1 Å². The van der Waals surface area contributed by atoms with E-state index in [1.807, 2.05) is 18.2 Å². The minimum atomic E-state index is -0.0528. The van der Waals surface area contributed by atoms with E-state index in [4.69, 9.17) is 0 Å². The molecule has 0 radical (unpaired) electrons. The van der Waals surface area contributed by atoms with E-state index in [0.29, 0.717) is 11.5 Å². The number of pyridine rings is 1. The Labute approximate surface area is 150 Å². The van der Waals surface area contributed by atoms with Crippen LogP contribution in [0.3, 0.4) is 0 Å². The van der Waals surface area contributed by atoms with Crippen molar-refractivity contribution in [3.05, 3.63) is 41.9 Å². The third kappa shape index (κ3) is 5.15. The summed E-state index contributed by atoms with van der Waals surface area (Å²) in [5.41, 5.74) is 1.53. The van der Waals surface area contributed by atoms with Gasteiger partial charge in [0.25, 0.3) is 5.91 Å². The van der Waals surface area contributed by atoms with Crippen molar-refractivity contribution in [2.45, 2.75) is 65.8 Å². The first-order valence-corrected chi connectivity index (χ1v) is 9.20. The molecule has 0 saturated carbocycles. The van der Waals surface area contributed by atoms with E-state index in [1.54, 1.807) is 17.1 Å². The molecule has 5 nitrogen and oxygen atoms in total. The number of carbonyl (C=O) groups is 1. The van der Waals surface area contributed by atoms with Gasteiger partial charge in [-0.3, -0.25) is 4.79 Å². The van der Waals surface area contributed by atoms with Gasteiger partial charge in [-0.2, -0.15) is 5.10 Å². The highest BCUT2D eigenvalue weighted by Gasteiger charge is 2.22. The van der Waals surface area contributed by atoms with Crippen LogP contribution in [0.1, 0.15) is 75.9 Å². The van der Waals surface area contributed by atoms with Gasteiger partial charge in [-0.25, -0.2) is 9.67 Å². The molecule has 2 rings (SSSR count). The van der Waals surface area contributed by atoms with Crippen LogP contribution in [0.2, 0.25) is 0 Å². The molecule has 0 aromatic carbocycles. The fourth-order valence-electron chi connectivity index (χ4n) is 2.96. The lowest BCUT2D eigenvalue weighted by atomic mass is 10.0. The van der Waals surface area contributed by atoms with E-state index in [0.717, 1.165) is 24.4 Å². The number of aromatic nitrogens is 3. The van der Waals surface area contributed by atoms with Gasteiger partial charge in [-0.15, -0.1) is 0 Å². The molecule has 25 heavy (non-hydrogen) atoms. The summed E-state index contributed by atoms with van der Waals surface area (Å²) >= 11 is 0. The van der Waals surface area contributed by atoms with E-state index in [2.05, 4.69) is 50.0 Å². The maximum absolute atomic E-state index is 12.7. The van der Waals surface area contributed by atoms with Gasteiger partial charge < -0.3 is 5.32 Å². The molecule has 0 aliphatic carbocycles. The summed E-state index contributed by atoms with van der Waals surface area (Å²) in [7, 11) is 0. The van der Waals surface area contributed by atoms with E-state index in [-0.39, 0.29) is 17.9 Å². The molecule has 0 saturated heterocycles. The van der Waals surface area contributed by atoms with Crippen molar-refractivity contribution >= 4 is 5.91 Å². The van der Waals surface area contributed by atoms with Crippen LogP contribution in [0.25, 0.3) is 5.82 Å². The third-order valence-electron chi connectivity index (χ3n) is 4.26. The lowest BCUT2D eigenvalue weighted by Gasteiger charge is -2.16. The zero-order valence-electron chi connectivity index (χ0n) is 16.0. The van der Waals surface area contributed by atoms with Gasteiger partial charge in [0.15, 0.2) is 5.82 Å². The Morgan fingerprint density at radius 2 is 1.92 bits per heavy atom. The van der Waals surface area contributed by atoms with Gasteiger partial charge in [-0.05, 0) is 37.3 Å². The van der Waals surface area contributed by atoms with Crippen LogP contribution in [0.15, 0.2) is 30.6 Å². The van der Waals surface area contributed by atoms with E-state index in [1.165, 1.54) is 6.42 Å². The lowest BCUT2D eigenvalue weighted by molar-refractivity contribution is 0.0936. The van der Waals surface area contributed by atoms with Crippen molar-refractivity contribution in [2.24, 2.45) is 5.92 Å². The Balaban J connectivity index is 2.13. The number of hydrogen-bond donors (Lipinski definition) is 1. The predicted octanol–water partition coefficient (Wildman–Crippen LogP) is 4.34. The average Bonchev–Trinajstić information content (AvgIpc) is 3.00. The molecule has 2 aromatic heterocycles. The number of carbonyl (C=O) groups excluding carboxylic acids is 1. The van der Waals surface area contributed by atoms with Gasteiger partial charge in [-0.1, -0.05) is 46.6 Å². The largest absolute Gasteiger partial charge is 0.349 e. The van der Waals surface area contributed by atoms with Gasteiger partial charge in [0.05, 0.1) is 17.5 Å². The summed E-state index contributed by atoms with van der Waals surface area (Å²) in [6.07, 6.45) is 6.70. The first kappa shape index (κ1) is 19.2. The quantitative estimate of drug-likeness (QED) is 0.776. The van der Waals surface area contributed by atoms with Crippen LogP contribution in [-0.2, 0) is 0 Å². The Morgan fingerprint density at radius 3 is 2.52 bits per heavy atom. The van der Waals surface area contributed by atoms with Crippen molar-refractivity contribution in [1.29, 1.82) is 0 Å². The molecule has 1 unspecified atom stereocenters. The van der Waals surface area contributed by atoms with Crippen LogP contribution in [0.4, 0.5) is 0 Å². The summed E-state index contributed by atoms with van der Waals surface area (Å²) in [6, 6.07) is 5.85. The molecular weight excluding hydrogens is 312 g/mol. The van der Waals surface area contributed by atoms with E-state index < -0.39 is 0 Å². The number of nitrogens with zero attached hydrogens (tertiary/aromatic N) is 3. The summed E-state index contributed by atoms with van der Waals surface area (Å²) in [6.45, 7) is 10.7. The fraction of sp³-hybridized carbons (Fsp3) is 0.550. The molecule has 0 spiro atoms. The average molecular weight is 342 g/mol. The molecule has 1 atom stereocenters. The standard InChI is InChI=1S/C20H30N4O/c1-14(2)9-8-10-16(5)23-20(25)17-13-22-24(19(17)15(3)4)18-11-6-7-12-21-18/h6-7,11-16H,8-10H2,1-5H3,(H,23,25). The Kier molecular flexibility index (Phi) is 6.73. The minimum Gasteiger partial charge on any atom is -0.349 e. The summed E-state index contributed by atoms with van der Waals surface area (Å²) in [5, 5.41) is 7.53. The lowest BCUT2D eigenvalue weighted by Crippen LogP contribution is -2.33. The maximum Gasteiger partial charge on any atom is 0.254 e. The van der Waals surface area contributed by atoms with Crippen LogP contribution >= 0.6 is 0 Å². The normalized spacial score (nSPS) is 12.6. The minimum absolute atomic E-state index is 0.0528. The maximum atomic E-state index is 12.7. The zero-order chi connectivity index (χ0) is 18.4. The molecule has 136 valence electrons. The Morgan fingerprint density at radius 1 is 1.16 bits per heavy atom. The Bertz CT molecular complexity index is 676. The number of amides is 1. The van der Waals surface area contributed by atoms with Crippen LogP contribution in [-0.4, -0.2) is 26.7 Å². The molecule has 0 fully saturated rings. The first-order chi connectivity index (χ1) is 11.9. The summed E-state index contributed by atoms with van der Waals surface area (Å²) in [5.74, 6) is 1.55. The molecule has 1 N–H and O–H groups in total. The zero-order valence-corrected chi connectivity index (χ0v) is 16.0. The van der Waals surface area contributed by atoms with Gasteiger partial charge >= 0.3 is 0 Å². The number of rotatable bonds is 8. The van der Waals surface area contributed by atoms with Crippen LogP contribution < -0.4 is 5.32 Å². The highest BCUT2D eigenvalue weighted by atomic mass is 16.1. The molecule has 5 heteroatoms. The highest BCUT2D eigenvalue weighted by Crippen LogP contribution is 2.22. The second-order valence-electron chi connectivity index (χ2n) is 7.40. The summed E-state index contributed by atoms with van der Waals surface area (Å²) < 4.78 is 1.77. The van der Waals surface area contributed by atoms with Crippen LogP contribution in [0, 0.1) is 5.92 Å². The second-order valence-corrected chi connectivity index (χ2v) is 7.40. The second kappa shape index (κ2) is 8.79. The van der Waals surface area contributed by atoms with Crippen LogP contribution in [0.5, 0.6) is 0 Å². The SMILES string of the molecule is CC(C)CCCC(C)NC(=O)c1cnn(-c2ccccn2)c1C(C)C. The van der Waals surface area contributed by atoms with E-state index in [9.17, 15) is 4.79 Å². The fourth-order valence-corrected chi connectivity index (χ4v) is 2.96. The topological polar surface area (TPSA) is 59.8 Å². The highest BCUT2D eigenvalue weighted by molar-refractivity contribution is 5.95. The Hall–Kier alpha value is -2.17. The molecule has 2 heterocycles. The molecule has 2 aromatic rings. The summed E-state index contributed by atoms with van der Waals surface area (Å²) in [4.78, 5) is 17.1. The van der Waals surface area contributed by atoms with Crippen molar-refractivity contribution in [3.8, 4) is 5.82 Å². The van der Waals surface area contributed by atoms with Gasteiger partial charge in [0.2, 0.25) is 0 Å². The molecule has 0 aliphatic rings. The predicted molar refractivity (Wildman–Crippen MR) is 101 cm³/mol. The van der Waals surface area contributed by atoms with Gasteiger partial charge in [0.1, 0.15) is 0 Å². The molecule has 0 aliphatic heterocycles. The molecular formula is C20H30N4O. The number of hydrogen-bond acceptors (Lipinski definition) is 3. The molecule has 1 amide bonds. The van der Waals surface area contributed by atoms with Crippen molar-refractivity contribution < 1.29 is 4.79 Å². The van der Waals surface area contributed by atoms with Crippen molar-refractivity contribution in [2.75, 3.05) is 0 Å². The van der Waals surface area contributed by atoms with Gasteiger partial charge in [0, 0.05) is 12.2 Å². The molecule has 0 bridgehead atoms. The number of nitrogens with one attached hydrogen (secondary N) is 1. The van der Waals surface area contributed by atoms with Crippen molar-refractivity contribution in [3.63, 3.8) is 0 Å². The smallest absolute Gasteiger partial charge is 0.254 e. The first-order valence-electron chi connectivity index (χ1n) is 9.20. The van der Waals surface area contributed by atoms with E-state index >= 15 is 0 Å². The monoisotopic (exact) mass is 342 g/mol.